The molecule has 0 saturated heterocycles. The normalized spacial score (nSPS) is 32.8. The zero-order valence-electron chi connectivity index (χ0n) is 29.1. The molecule has 0 amide bonds. The first-order valence-electron chi connectivity index (χ1n) is 18.2. The number of fused-ring (bicyclic) bond motifs is 5. The highest BCUT2D eigenvalue weighted by Crippen LogP contribution is 2.67. The van der Waals surface area contributed by atoms with Gasteiger partial charge in [-0.2, -0.15) is 10.2 Å². The molecule has 248 valence electrons. The molecule has 5 nitrogen and oxygen atoms in total. The number of carbonyl (C=O) groups excluding carboxylic acids is 1. The Morgan fingerprint density at radius 1 is 0.870 bits per heavy atom. The number of carbonyl (C=O) groups is 1. The lowest BCUT2D eigenvalue weighted by atomic mass is 9.47. The van der Waals surface area contributed by atoms with E-state index in [0.29, 0.717) is 16.7 Å². The summed E-state index contributed by atoms with van der Waals surface area (Å²) in [5.41, 5.74) is 4.33. The molecule has 5 heteroatoms. The maximum atomic E-state index is 13.2. The number of ether oxygens (including phenoxy) is 2. The van der Waals surface area contributed by atoms with Gasteiger partial charge in [-0.15, -0.1) is 0 Å². The minimum atomic E-state index is -0.241. The van der Waals surface area contributed by atoms with Crippen LogP contribution in [-0.2, 0) is 4.74 Å². The first kappa shape index (κ1) is 33.0. The molecule has 2 aromatic rings. The Morgan fingerprint density at radius 2 is 1.57 bits per heavy atom. The van der Waals surface area contributed by atoms with Gasteiger partial charge in [0.1, 0.15) is 11.9 Å². The maximum Gasteiger partial charge on any atom is 0.338 e. The second kappa shape index (κ2) is 13.6. The highest BCUT2D eigenvalue weighted by Gasteiger charge is 2.59. The van der Waals surface area contributed by atoms with Crippen LogP contribution in [0.3, 0.4) is 0 Å². The summed E-state index contributed by atoms with van der Waals surface area (Å²) in [6.07, 6.45) is 16.5. The summed E-state index contributed by atoms with van der Waals surface area (Å²) in [7, 11) is 1.64. The van der Waals surface area contributed by atoms with Crippen molar-refractivity contribution >= 4 is 17.3 Å². The molecule has 0 radical (unpaired) electrons. The molecule has 4 aliphatic rings. The highest BCUT2D eigenvalue weighted by atomic mass is 16.5. The molecule has 0 bridgehead atoms. The van der Waals surface area contributed by atoms with E-state index in [1.54, 1.807) is 24.8 Å². The molecule has 2 aromatic carbocycles. The number of azo groups is 1. The number of nitrogens with zero attached hydrogens (tertiary/aromatic N) is 2. The Balaban J connectivity index is 1.05. The van der Waals surface area contributed by atoms with E-state index in [1.807, 2.05) is 36.4 Å². The molecular formula is C41H56N2O3. The van der Waals surface area contributed by atoms with Gasteiger partial charge in [0, 0.05) is 6.42 Å². The first-order valence-corrected chi connectivity index (χ1v) is 18.2. The third kappa shape index (κ3) is 6.58. The second-order valence-electron chi connectivity index (χ2n) is 16.0. The fourth-order valence-electron chi connectivity index (χ4n) is 10.4. The Bertz CT molecular complexity index is 1410. The van der Waals surface area contributed by atoms with Crippen LogP contribution in [0.1, 0.15) is 116 Å². The Morgan fingerprint density at radius 3 is 2.24 bits per heavy atom. The third-order valence-electron chi connectivity index (χ3n) is 13.0. The summed E-state index contributed by atoms with van der Waals surface area (Å²) in [5.74, 6) is 5.56. The Labute approximate surface area is 277 Å². The molecule has 6 rings (SSSR count). The van der Waals surface area contributed by atoms with E-state index in [0.717, 1.165) is 66.2 Å². The lowest BCUT2D eigenvalue weighted by molar-refractivity contribution is -0.0594. The van der Waals surface area contributed by atoms with Crippen molar-refractivity contribution in [2.24, 2.45) is 56.6 Å². The average Bonchev–Trinajstić information content (AvgIpc) is 3.41. The lowest BCUT2D eigenvalue weighted by Gasteiger charge is -2.58. The van der Waals surface area contributed by atoms with Gasteiger partial charge in [-0.05, 0) is 140 Å². The molecular weight excluding hydrogens is 568 g/mol. The average molecular weight is 625 g/mol. The highest BCUT2D eigenvalue weighted by molar-refractivity contribution is 5.89. The molecule has 8 atom stereocenters. The van der Waals surface area contributed by atoms with E-state index >= 15 is 0 Å². The minimum absolute atomic E-state index is 0.0470. The van der Waals surface area contributed by atoms with Gasteiger partial charge < -0.3 is 9.47 Å². The number of allylic oxidation sites excluding steroid dienone is 1. The summed E-state index contributed by atoms with van der Waals surface area (Å²) in [6.45, 7) is 12.5. The van der Waals surface area contributed by atoms with Crippen LogP contribution in [0.2, 0.25) is 0 Å². The first-order chi connectivity index (χ1) is 22.1. The van der Waals surface area contributed by atoms with Crippen molar-refractivity contribution in [2.45, 2.75) is 111 Å². The van der Waals surface area contributed by atoms with Gasteiger partial charge in [0.15, 0.2) is 0 Å². The van der Waals surface area contributed by atoms with E-state index in [4.69, 9.17) is 9.47 Å². The Hall–Kier alpha value is -2.95. The summed E-state index contributed by atoms with van der Waals surface area (Å²) in [4.78, 5) is 13.2. The predicted molar refractivity (Wildman–Crippen MR) is 186 cm³/mol. The van der Waals surface area contributed by atoms with Crippen molar-refractivity contribution in [3.63, 3.8) is 0 Å². The van der Waals surface area contributed by atoms with Crippen LogP contribution < -0.4 is 4.74 Å². The van der Waals surface area contributed by atoms with Gasteiger partial charge >= 0.3 is 5.97 Å². The lowest BCUT2D eigenvalue weighted by Crippen LogP contribution is -2.51. The number of rotatable bonds is 10. The van der Waals surface area contributed by atoms with Crippen LogP contribution in [-0.4, -0.2) is 19.2 Å². The number of esters is 1. The third-order valence-corrected chi connectivity index (χ3v) is 13.0. The van der Waals surface area contributed by atoms with Crippen molar-refractivity contribution < 1.29 is 14.3 Å². The van der Waals surface area contributed by atoms with Crippen LogP contribution in [0.5, 0.6) is 5.75 Å². The zero-order valence-corrected chi connectivity index (χ0v) is 29.1. The maximum absolute atomic E-state index is 13.2. The van der Waals surface area contributed by atoms with Crippen LogP contribution in [0, 0.1) is 46.3 Å². The summed E-state index contributed by atoms with van der Waals surface area (Å²) < 4.78 is 11.3. The van der Waals surface area contributed by atoms with Crippen LogP contribution in [0.25, 0.3) is 0 Å². The smallest absolute Gasteiger partial charge is 0.338 e. The number of methoxy groups -OCH3 is 1. The van der Waals surface area contributed by atoms with E-state index in [-0.39, 0.29) is 17.5 Å². The van der Waals surface area contributed by atoms with Crippen LogP contribution in [0.4, 0.5) is 11.4 Å². The van der Waals surface area contributed by atoms with E-state index in [9.17, 15) is 4.79 Å². The number of hydrogen-bond acceptors (Lipinski definition) is 5. The van der Waals surface area contributed by atoms with Gasteiger partial charge in [-0.3, -0.25) is 0 Å². The molecule has 46 heavy (non-hydrogen) atoms. The standard InChI is InChI=1S/C41H56N2O3/c1-27(2)8-7-9-28(3)36-20-21-37-35-19-12-30-26-34(22-24-40(30,4)38(35)23-25-41(36,37)5)46-39(44)29-10-13-31(14-11-29)42-43-32-15-17-33(45-6)18-16-32/h10-18,27-28,34-38H,7-9,19-26H2,1-6H3/t28-,34-,35+,36-,37+,38+,40+,41-/m1/s1. The Kier molecular flexibility index (Phi) is 9.78. The van der Waals surface area contributed by atoms with Crippen molar-refractivity contribution in [3.05, 3.63) is 65.7 Å². The zero-order chi connectivity index (χ0) is 32.5. The molecule has 3 saturated carbocycles. The monoisotopic (exact) mass is 624 g/mol. The van der Waals surface area contributed by atoms with Gasteiger partial charge in [0.05, 0.1) is 24.0 Å². The molecule has 4 aliphatic carbocycles. The number of benzene rings is 2. The van der Waals surface area contributed by atoms with Crippen molar-refractivity contribution in [3.8, 4) is 5.75 Å². The molecule has 0 unspecified atom stereocenters. The second-order valence-corrected chi connectivity index (χ2v) is 16.0. The summed E-state index contributed by atoms with van der Waals surface area (Å²) >= 11 is 0. The van der Waals surface area contributed by atoms with Crippen LogP contribution in [0.15, 0.2) is 70.4 Å². The molecule has 0 N–H and O–H groups in total. The van der Waals surface area contributed by atoms with Gasteiger partial charge in [0.25, 0.3) is 0 Å². The fraction of sp³-hybridized carbons (Fsp3) is 0.634. The van der Waals surface area contributed by atoms with Crippen molar-refractivity contribution in [1.29, 1.82) is 0 Å². The molecule has 0 aliphatic heterocycles. The number of hydrogen-bond donors (Lipinski definition) is 0. The van der Waals surface area contributed by atoms with E-state index < -0.39 is 0 Å². The van der Waals surface area contributed by atoms with Gasteiger partial charge in [-0.1, -0.05) is 65.5 Å². The van der Waals surface area contributed by atoms with Crippen molar-refractivity contribution in [1.82, 2.24) is 0 Å². The quantitative estimate of drug-likeness (QED) is 0.150. The van der Waals surface area contributed by atoms with E-state index in [1.165, 1.54) is 51.4 Å². The molecule has 0 aromatic heterocycles. The molecule has 0 heterocycles. The molecule has 3 fully saturated rings. The molecule has 0 spiro atoms. The summed E-state index contributed by atoms with van der Waals surface area (Å²) in [5, 5.41) is 8.60. The minimum Gasteiger partial charge on any atom is -0.497 e. The fourth-order valence-corrected chi connectivity index (χ4v) is 10.4. The topological polar surface area (TPSA) is 60.2 Å². The largest absolute Gasteiger partial charge is 0.497 e. The van der Waals surface area contributed by atoms with Gasteiger partial charge in [-0.25, -0.2) is 4.79 Å². The van der Waals surface area contributed by atoms with Crippen LogP contribution >= 0.6 is 0 Å². The van der Waals surface area contributed by atoms with E-state index in [2.05, 4.69) is 50.9 Å². The predicted octanol–water partition coefficient (Wildman–Crippen LogP) is 11.7. The summed E-state index contributed by atoms with van der Waals surface area (Å²) in [6, 6.07) is 14.7. The van der Waals surface area contributed by atoms with Gasteiger partial charge in [0.2, 0.25) is 0 Å². The van der Waals surface area contributed by atoms with Crippen molar-refractivity contribution in [2.75, 3.05) is 7.11 Å². The SMILES string of the molecule is COc1ccc(N=Nc2ccc(C(=O)O[C@@H]3CC[C@@]4(C)C(=CC[C@H]5[C@@H]6CC[C@H]([C@H](C)CCCC(C)C)[C@@]6(C)CC[C@@H]54)C3)cc2)cc1.